The number of thiazole rings is 3. The van der Waals surface area contributed by atoms with E-state index in [1.54, 1.807) is 74.2 Å². The summed E-state index contributed by atoms with van der Waals surface area (Å²) in [4.78, 5) is 125. The number of aryl methyl sites for hydroxylation is 5. The van der Waals surface area contributed by atoms with Crippen molar-refractivity contribution >= 4 is 117 Å². The van der Waals surface area contributed by atoms with Crippen LogP contribution in [0.4, 0.5) is 0 Å². The van der Waals surface area contributed by atoms with E-state index in [0.29, 0.717) is 38.2 Å². The van der Waals surface area contributed by atoms with E-state index in [1.807, 2.05) is 136 Å². The zero-order valence-corrected chi connectivity index (χ0v) is 55.5. The summed E-state index contributed by atoms with van der Waals surface area (Å²) < 4.78 is 12.6. The maximum atomic E-state index is 13.2. The third-order valence-electron chi connectivity index (χ3n) is 15.0. The average molecular weight is 1360 g/mol. The van der Waals surface area contributed by atoms with Gasteiger partial charge in [-0.3, -0.25) is 43.2 Å². The van der Waals surface area contributed by atoms with E-state index in [0.717, 1.165) is 58.5 Å². The van der Waals surface area contributed by atoms with Crippen LogP contribution >= 0.6 is 34.0 Å². The minimum atomic E-state index is -1.11. The van der Waals surface area contributed by atoms with E-state index in [2.05, 4.69) is 46.2 Å². The third-order valence-corrected chi connectivity index (χ3v) is 18.0. The summed E-state index contributed by atoms with van der Waals surface area (Å²) in [5.74, 6) is -6.89. The number of carbonyl (C=O) groups is 9. The molecule has 492 valence electrons. The predicted octanol–water partition coefficient (Wildman–Crippen LogP) is 7.18. The maximum Gasteiger partial charge on any atom is 0.287 e. The number of Topliss-reactive ketones (excluding diaryl/α,β-unsaturated/α-hetero) is 3. The Morgan fingerprint density at radius 3 is 1.23 bits per heavy atom. The van der Waals surface area contributed by atoms with Gasteiger partial charge in [0.2, 0.25) is 32.7 Å². The lowest BCUT2D eigenvalue weighted by atomic mass is 10.0. The van der Waals surface area contributed by atoms with E-state index in [9.17, 15) is 43.2 Å². The first-order valence-corrected chi connectivity index (χ1v) is 32.4. The topological polar surface area (TPSA) is 369 Å². The van der Waals surface area contributed by atoms with Gasteiger partial charge in [0, 0.05) is 25.0 Å². The van der Waals surface area contributed by atoms with Crippen molar-refractivity contribution in [2.24, 2.45) is 17.2 Å². The van der Waals surface area contributed by atoms with Gasteiger partial charge in [0.05, 0.1) is 49.1 Å². The molecule has 0 bridgehead atoms. The predicted molar refractivity (Wildman–Crippen MR) is 367 cm³/mol. The highest BCUT2D eigenvalue weighted by Crippen LogP contribution is 2.31. The summed E-state index contributed by atoms with van der Waals surface area (Å²) >= 11 is 4.23. The van der Waals surface area contributed by atoms with Gasteiger partial charge in [-0.15, -0.1) is 0 Å². The highest BCUT2D eigenvalue weighted by molar-refractivity contribution is 7.21. The molecule has 0 aliphatic carbocycles. The van der Waals surface area contributed by atoms with Crippen molar-refractivity contribution in [3.8, 4) is 21.1 Å². The number of nitrogens with one attached hydrogen (secondary N) is 3. The number of nitrogens with two attached hydrogens (primary N) is 3. The fourth-order valence-electron chi connectivity index (χ4n) is 10.2. The fourth-order valence-corrected chi connectivity index (χ4v) is 13.2. The number of rotatable bonds is 22. The Kier molecular flexibility index (Phi) is 21.1. The molecule has 0 aliphatic heterocycles. The summed E-state index contributed by atoms with van der Waals surface area (Å²) in [5, 5.41) is 22.8. The molecule has 25 nitrogen and oxygen atoms in total. The molecule has 0 fully saturated rings. The lowest BCUT2D eigenvalue weighted by Gasteiger charge is -2.16. The molecule has 6 aromatic carbocycles. The van der Waals surface area contributed by atoms with Crippen LogP contribution < -0.4 is 37.9 Å². The first-order valence-electron chi connectivity index (χ1n) is 30.0. The molecule has 3 unspecified atom stereocenters. The zero-order chi connectivity index (χ0) is 69.2. The molecule has 97 heavy (non-hydrogen) atoms. The molecular formula is C69H63N15O10S3. The quantitative estimate of drug-likeness (QED) is 0.0366. The van der Waals surface area contributed by atoms with E-state index in [1.165, 1.54) is 43.4 Å². The molecule has 0 saturated carbocycles. The standard InChI is InChI=1S/C23H21N5O4S.2C23H21N5O3S/c1-13-10-18(28(27-13)23-26-16-9-8-15(32-2)12-19(16)33-23)22(31)25-17(20(29)21(24)30)11-14-6-4-3-5-7-14;1-13-7-6-10-18-19(13)26-23(32-18)28-14(2)11-17(27-28)22(31)25-16(20(29)21(24)30)12-15-8-4-3-5-9-15;1-13-7-6-10-18-19(13)26-23(32-18)28-17(11-14(2)27-28)22(31)25-16(20(29)21(24)30)12-15-8-4-3-5-9-15/h3-10,12,17H,11H2,1-2H3,(H2,24,30)(H,25,31);2*3-11,16H,12H2,1-2H3,(H2,24,30)(H,25,31). The van der Waals surface area contributed by atoms with Crippen LogP contribution in [0.25, 0.3) is 46.0 Å². The number of hydrogen-bond donors (Lipinski definition) is 6. The minimum Gasteiger partial charge on any atom is -0.497 e. The van der Waals surface area contributed by atoms with Gasteiger partial charge in [-0.1, -0.05) is 149 Å². The first-order chi connectivity index (χ1) is 46.5. The van der Waals surface area contributed by atoms with E-state index in [-0.39, 0.29) is 36.3 Å². The Morgan fingerprint density at radius 2 is 0.825 bits per heavy atom. The number of nitrogens with zero attached hydrogens (tertiary/aromatic N) is 9. The lowest BCUT2D eigenvalue weighted by Crippen LogP contribution is -2.47. The van der Waals surface area contributed by atoms with Gasteiger partial charge in [-0.05, 0) is 111 Å². The van der Waals surface area contributed by atoms with Crippen molar-refractivity contribution < 1.29 is 47.9 Å². The Labute approximate surface area is 565 Å². The van der Waals surface area contributed by atoms with E-state index >= 15 is 0 Å². The van der Waals surface area contributed by atoms with Crippen LogP contribution in [0.5, 0.6) is 5.75 Å². The largest absolute Gasteiger partial charge is 0.497 e. The molecule has 0 aliphatic rings. The SMILES string of the molecule is COc1ccc2nc(-n3nc(C)cc3C(=O)NC(Cc3ccccc3)C(=O)C(N)=O)sc2c1.Cc1cc(C(=O)NC(Cc2ccccc2)C(=O)C(N)=O)n(-c2nc3c(C)cccc3s2)n1.Cc1cccc2sc(-n3nc(C(=O)NC(Cc4ccccc4)C(=O)C(N)=O)cc3C)nc12. The summed E-state index contributed by atoms with van der Waals surface area (Å²) in [5.41, 5.74) is 25.0. The molecule has 6 heterocycles. The Hall–Kier alpha value is -11.8. The fraction of sp³-hybridized carbons (Fsp3) is 0.174. The molecule has 9 N–H and O–H groups in total. The highest BCUT2D eigenvalue weighted by Gasteiger charge is 2.31. The molecule has 0 spiro atoms. The van der Waals surface area contributed by atoms with Crippen LogP contribution in [0.2, 0.25) is 0 Å². The summed E-state index contributed by atoms with van der Waals surface area (Å²) in [6, 6.07) is 46.1. The van der Waals surface area contributed by atoms with Crippen molar-refractivity contribution in [3.05, 3.63) is 226 Å². The molecule has 0 radical (unpaired) electrons. The number of amides is 6. The summed E-state index contributed by atoms with van der Waals surface area (Å²) in [6.45, 7) is 9.29. The molecule has 3 atom stereocenters. The number of benzene rings is 6. The highest BCUT2D eigenvalue weighted by atomic mass is 32.1. The van der Waals surface area contributed by atoms with Crippen LogP contribution in [0.15, 0.2) is 164 Å². The molecule has 6 aromatic heterocycles. The van der Waals surface area contributed by atoms with Crippen molar-refractivity contribution in [1.82, 2.24) is 60.2 Å². The number of methoxy groups -OCH3 is 1. The van der Waals surface area contributed by atoms with Gasteiger partial charge in [-0.2, -0.15) is 15.3 Å². The van der Waals surface area contributed by atoms with Gasteiger partial charge in [0.1, 0.15) is 35.3 Å². The zero-order valence-electron chi connectivity index (χ0n) is 53.0. The van der Waals surface area contributed by atoms with E-state index < -0.39 is 70.9 Å². The molecule has 12 aromatic rings. The molecule has 12 rings (SSSR count). The van der Waals surface area contributed by atoms with Crippen LogP contribution in [0.3, 0.4) is 0 Å². The number of para-hydroxylation sites is 2. The van der Waals surface area contributed by atoms with Crippen LogP contribution in [0, 0.1) is 34.6 Å². The second-order valence-corrected chi connectivity index (χ2v) is 25.3. The van der Waals surface area contributed by atoms with Gasteiger partial charge in [0.15, 0.2) is 5.69 Å². The minimum absolute atomic E-state index is 0.119. The number of aromatic nitrogens is 9. The van der Waals surface area contributed by atoms with Crippen molar-refractivity contribution in [2.45, 2.75) is 72.0 Å². The monoisotopic (exact) mass is 1360 g/mol. The number of carbonyl (C=O) groups excluding carboxylic acids is 9. The summed E-state index contributed by atoms with van der Waals surface area (Å²) in [7, 11) is 1.58. The van der Waals surface area contributed by atoms with Crippen molar-refractivity contribution in [3.63, 3.8) is 0 Å². The smallest absolute Gasteiger partial charge is 0.287 e. The molecule has 28 heteroatoms. The second kappa shape index (κ2) is 30.1. The van der Waals surface area contributed by atoms with Gasteiger partial charge < -0.3 is 37.9 Å². The molecule has 0 saturated heterocycles. The van der Waals surface area contributed by atoms with Gasteiger partial charge >= 0.3 is 0 Å². The summed E-state index contributed by atoms with van der Waals surface area (Å²) in [6.07, 6.45) is 0.412. The third kappa shape index (κ3) is 16.3. The Morgan fingerprint density at radius 1 is 0.433 bits per heavy atom. The Balaban J connectivity index is 0.000000158. The van der Waals surface area contributed by atoms with Crippen LogP contribution in [0.1, 0.15) is 76.4 Å². The van der Waals surface area contributed by atoms with Crippen molar-refractivity contribution in [1.29, 1.82) is 0 Å². The Bertz CT molecular complexity index is 4980. The number of ketones is 3. The molecular weight excluding hydrogens is 1300 g/mol. The van der Waals surface area contributed by atoms with Crippen molar-refractivity contribution in [2.75, 3.05) is 7.11 Å². The number of hydrogen-bond acceptors (Lipinski definition) is 19. The van der Waals surface area contributed by atoms with Crippen LogP contribution in [-0.2, 0) is 48.0 Å². The van der Waals surface area contributed by atoms with Crippen LogP contribution in [-0.4, -0.2) is 122 Å². The molecule has 6 amide bonds. The number of fused-ring (bicyclic) bond motifs is 3. The second-order valence-electron chi connectivity index (χ2n) is 22.2. The maximum absolute atomic E-state index is 13.2. The number of primary amides is 3. The normalized spacial score (nSPS) is 11.9. The first kappa shape index (κ1) is 68.1. The van der Waals surface area contributed by atoms with Gasteiger partial charge in [-0.25, -0.2) is 29.0 Å². The average Bonchev–Trinajstić information content (AvgIpc) is 1.65. The van der Waals surface area contributed by atoms with Gasteiger partial charge in [0.25, 0.3) is 35.4 Å². The van der Waals surface area contributed by atoms with E-state index in [4.69, 9.17) is 21.9 Å². The lowest BCUT2D eigenvalue weighted by molar-refractivity contribution is -0.137. The number of ether oxygens (including phenoxy) is 1.